The standard InChI is InChI=1S/C24H30N4O3/c1-16-5-9-28(10-6-16)24-25-21-7-8-27(14-20(21)23(29)26-24)13-17-11-18-12-19(30-2)3-4-22(18)31-15-17/h3-4,11-12,16H,5-10,13-15H2,1-2H3,(H,25,26,29). The maximum Gasteiger partial charge on any atom is 0.257 e. The molecule has 31 heavy (non-hydrogen) atoms. The molecule has 0 spiro atoms. The van der Waals surface area contributed by atoms with E-state index in [9.17, 15) is 4.79 Å². The van der Waals surface area contributed by atoms with Crippen molar-refractivity contribution >= 4 is 12.0 Å². The molecule has 0 radical (unpaired) electrons. The minimum absolute atomic E-state index is 0.00674. The molecular formula is C24H30N4O3. The Balaban J connectivity index is 1.30. The fourth-order valence-electron chi connectivity index (χ4n) is 4.68. The summed E-state index contributed by atoms with van der Waals surface area (Å²) in [7, 11) is 1.67. The SMILES string of the molecule is COc1ccc2c(c1)C=C(CN1CCc3nc(N4CCC(C)CC4)[nH]c(=O)c3C1)CO2. The minimum Gasteiger partial charge on any atom is -0.497 e. The van der Waals surface area contributed by atoms with Crippen LogP contribution in [0.15, 0.2) is 28.6 Å². The summed E-state index contributed by atoms with van der Waals surface area (Å²) in [5, 5.41) is 0. The van der Waals surface area contributed by atoms with Gasteiger partial charge in [-0.1, -0.05) is 6.92 Å². The van der Waals surface area contributed by atoms with Crippen molar-refractivity contribution in [1.82, 2.24) is 14.9 Å². The zero-order chi connectivity index (χ0) is 21.4. The highest BCUT2D eigenvalue weighted by Gasteiger charge is 2.25. The quantitative estimate of drug-likeness (QED) is 0.817. The highest BCUT2D eigenvalue weighted by Crippen LogP contribution is 2.30. The van der Waals surface area contributed by atoms with Gasteiger partial charge in [-0.15, -0.1) is 0 Å². The Kier molecular flexibility index (Phi) is 5.44. The van der Waals surface area contributed by atoms with E-state index in [1.807, 2.05) is 18.2 Å². The molecule has 1 N–H and O–H groups in total. The number of benzene rings is 1. The average molecular weight is 423 g/mol. The van der Waals surface area contributed by atoms with Gasteiger partial charge in [0.05, 0.1) is 18.4 Å². The van der Waals surface area contributed by atoms with E-state index < -0.39 is 0 Å². The summed E-state index contributed by atoms with van der Waals surface area (Å²) >= 11 is 0. The third-order valence-electron chi connectivity index (χ3n) is 6.63. The van der Waals surface area contributed by atoms with Crippen molar-refractivity contribution in [2.45, 2.75) is 32.7 Å². The highest BCUT2D eigenvalue weighted by molar-refractivity contribution is 5.64. The summed E-state index contributed by atoms with van der Waals surface area (Å²) in [4.78, 5) is 25.3. The van der Waals surface area contributed by atoms with E-state index in [-0.39, 0.29) is 5.56 Å². The van der Waals surface area contributed by atoms with Gasteiger partial charge in [0.2, 0.25) is 5.95 Å². The monoisotopic (exact) mass is 422 g/mol. The Morgan fingerprint density at radius 3 is 2.90 bits per heavy atom. The van der Waals surface area contributed by atoms with Crippen molar-refractivity contribution in [3.8, 4) is 11.5 Å². The number of rotatable bonds is 4. The molecule has 4 heterocycles. The molecule has 0 bridgehead atoms. The molecule has 0 atom stereocenters. The molecule has 7 heteroatoms. The molecule has 3 aliphatic rings. The fourth-order valence-corrected chi connectivity index (χ4v) is 4.68. The first-order valence-corrected chi connectivity index (χ1v) is 11.2. The molecule has 0 saturated carbocycles. The van der Waals surface area contributed by atoms with E-state index in [0.717, 1.165) is 85.6 Å². The van der Waals surface area contributed by atoms with Gasteiger partial charge in [0, 0.05) is 44.7 Å². The van der Waals surface area contributed by atoms with E-state index in [0.29, 0.717) is 13.2 Å². The Bertz CT molecular complexity index is 1050. The van der Waals surface area contributed by atoms with Gasteiger partial charge in [0.15, 0.2) is 0 Å². The molecular weight excluding hydrogens is 392 g/mol. The summed E-state index contributed by atoms with van der Waals surface area (Å²) in [6.07, 6.45) is 5.29. The number of aromatic nitrogens is 2. The third-order valence-corrected chi connectivity index (χ3v) is 6.63. The summed E-state index contributed by atoms with van der Waals surface area (Å²) in [5.74, 6) is 3.20. The van der Waals surface area contributed by atoms with Crippen LogP contribution in [0.2, 0.25) is 0 Å². The number of nitrogens with one attached hydrogen (secondary N) is 1. The molecule has 0 aliphatic carbocycles. The first-order chi connectivity index (χ1) is 15.1. The Labute approximate surface area is 182 Å². The molecule has 7 nitrogen and oxygen atoms in total. The first kappa shape index (κ1) is 20.1. The van der Waals surface area contributed by atoms with Gasteiger partial charge < -0.3 is 14.4 Å². The Hall–Kier alpha value is -2.80. The summed E-state index contributed by atoms with van der Waals surface area (Å²) in [5.41, 5.74) is 4.01. The van der Waals surface area contributed by atoms with Crippen molar-refractivity contribution in [1.29, 1.82) is 0 Å². The van der Waals surface area contributed by atoms with Crippen LogP contribution in [0.1, 0.15) is 36.6 Å². The van der Waals surface area contributed by atoms with Crippen LogP contribution in [0, 0.1) is 5.92 Å². The largest absolute Gasteiger partial charge is 0.497 e. The lowest BCUT2D eigenvalue weighted by Gasteiger charge is -2.33. The van der Waals surface area contributed by atoms with Gasteiger partial charge in [-0.2, -0.15) is 0 Å². The number of hydrogen-bond donors (Lipinski definition) is 1. The fraction of sp³-hybridized carbons (Fsp3) is 0.500. The summed E-state index contributed by atoms with van der Waals surface area (Å²) in [6.45, 7) is 7.09. The van der Waals surface area contributed by atoms with Crippen LogP contribution in [0.25, 0.3) is 6.08 Å². The number of ether oxygens (including phenoxy) is 2. The van der Waals surface area contributed by atoms with Crippen LogP contribution < -0.4 is 19.9 Å². The maximum absolute atomic E-state index is 12.9. The molecule has 5 rings (SSSR count). The lowest BCUT2D eigenvalue weighted by Crippen LogP contribution is -2.40. The van der Waals surface area contributed by atoms with Crippen LogP contribution in [0.3, 0.4) is 0 Å². The molecule has 1 fully saturated rings. The van der Waals surface area contributed by atoms with E-state index in [2.05, 4.69) is 27.8 Å². The predicted octanol–water partition coefficient (Wildman–Crippen LogP) is 2.85. The van der Waals surface area contributed by atoms with E-state index in [4.69, 9.17) is 14.5 Å². The van der Waals surface area contributed by atoms with Crippen molar-refractivity contribution < 1.29 is 9.47 Å². The van der Waals surface area contributed by atoms with Crippen LogP contribution in [-0.2, 0) is 13.0 Å². The number of H-pyrrole nitrogens is 1. The van der Waals surface area contributed by atoms with Crippen molar-refractivity contribution in [3.63, 3.8) is 0 Å². The lowest BCUT2D eigenvalue weighted by atomic mass is 9.99. The predicted molar refractivity (Wildman–Crippen MR) is 121 cm³/mol. The molecule has 3 aliphatic heterocycles. The number of methoxy groups -OCH3 is 1. The minimum atomic E-state index is 0.00674. The van der Waals surface area contributed by atoms with Crippen LogP contribution in [0.4, 0.5) is 5.95 Å². The van der Waals surface area contributed by atoms with E-state index in [1.165, 1.54) is 5.57 Å². The van der Waals surface area contributed by atoms with Gasteiger partial charge in [0.1, 0.15) is 18.1 Å². The second-order valence-corrected chi connectivity index (χ2v) is 8.94. The topological polar surface area (TPSA) is 70.7 Å². The maximum atomic E-state index is 12.9. The molecule has 164 valence electrons. The van der Waals surface area contributed by atoms with Crippen LogP contribution >= 0.6 is 0 Å². The first-order valence-electron chi connectivity index (χ1n) is 11.2. The second-order valence-electron chi connectivity index (χ2n) is 8.94. The number of fused-ring (bicyclic) bond motifs is 2. The van der Waals surface area contributed by atoms with Crippen molar-refractivity contribution in [2.75, 3.05) is 44.8 Å². The molecule has 0 amide bonds. The van der Waals surface area contributed by atoms with Gasteiger partial charge in [-0.05, 0) is 48.6 Å². The van der Waals surface area contributed by atoms with E-state index >= 15 is 0 Å². The van der Waals surface area contributed by atoms with Crippen LogP contribution in [0.5, 0.6) is 11.5 Å². The normalized spacial score (nSPS) is 19.3. The van der Waals surface area contributed by atoms with E-state index in [1.54, 1.807) is 7.11 Å². The Morgan fingerprint density at radius 2 is 2.10 bits per heavy atom. The van der Waals surface area contributed by atoms with Crippen molar-refractivity contribution in [3.05, 3.63) is 50.9 Å². The highest BCUT2D eigenvalue weighted by atomic mass is 16.5. The third kappa shape index (κ3) is 4.19. The molecule has 2 aromatic rings. The molecule has 1 aromatic heterocycles. The second kappa shape index (κ2) is 8.38. The number of nitrogens with zero attached hydrogens (tertiary/aromatic N) is 3. The molecule has 1 saturated heterocycles. The summed E-state index contributed by atoms with van der Waals surface area (Å²) in [6, 6.07) is 5.86. The van der Waals surface area contributed by atoms with Crippen molar-refractivity contribution in [2.24, 2.45) is 5.92 Å². The molecule has 1 aromatic carbocycles. The zero-order valence-corrected chi connectivity index (χ0v) is 18.3. The van der Waals surface area contributed by atoms with Crippen LogP contribution in [-0.4, -0.2) is 54.8 Å². The van der Waals surface area contributed by atoms with Gasteiger partial charge in [0.25, 0.3) is 5.56 Å². The summed E-state index contributed by atoms with van der Waals surface area (Å²) < 4.78 is 11.3. The van der Waals surface area contributed by atoms with Gasteiger partial charge in [-0.3, -0.25) is 14.7 Å². The lowest BCUT2D eigenvalue weighted by molar-refractivity contribution is 0.254. The Morgan fingerprint density at radius 1 is 1.26 bits per heavy atom. The number of piperidine rings is 1. The molecule has 0 unspecified atom stereocenters. The van der Waals surface area contributed by atoms with Gasteiger partial charge >= 0.3 is 0 Å². The number of aromatic amines is 1. The number of hydrogen-bond acceptors (Lipinski definition) is 6. The smallest absolute Gasteiger partial charge is 0.257 e. The van der Waals surface area contributed by atoms with Gasteiger partial charge in [-0.25, -0.2) is 4.98 Å². The average Bonchev–Trinajstić information content (AvgIpc) is 2.79. The zero-order valence-electron chi connectivity index (χ0n) is 18.3. The number of anilines is 1.